The van der Waals surface area contributed by atoms with Crippen LogP contribution in [0.3, 0.4) is 0 Å². The topological polar surface area (TPSA) is 52.7 Å². The van der Waals surface area contributed by atoms with Crippen LogP contribution in [0.15, 0.2) is 24.3 Å². The molecule has 0 unspecified atom stereocenters. The van der Waals surface area contributed by atoms with E-state index in [1.807, 2.05) is 24.3 Å². The first kappa shape index (κ1) is 18.2. The lowest BCUT2D eigenvalue weighted by Gasteiger charge is -2.24. The average molecular weight is 305 g/mol. The van der Waals surface area contributed by atoms with Gasteiger partial charge in [-0.15, -0.1) is 0 Å². The zero-order valence-electron chi connectivity index (χ0n) is 14.4. The fourth-order valence-corrected chi connectivity index (χ4v) is 2.11. The highest BCUT2D eigenvalue weighted by molar-refractivity contribution is 5.93. The maximum Gasteiger partial charge on any atom is 0.238 e. The summed E-state index contributed by atoms with van der Waals surface area (Å²) in [5.41, 5.74) is 1.87. The molecule has 5 nitrogen and oxygen atoms in total. The number of likely N-dealkylation sites (N-methyl/N-ethyl adjacent to an activating group) is 2. The van der Waals surface area contributed by atoms with Crippen LogP contribution in [0.5, 0.6) is 0 Å². The number of hydrogen-bond acceptors (Lipinski definition) is 3. The molecule has 0 radical (unpaired) electrons. The molecule has 0 atom stereocenters. The minimum absolute atomic E-state index is 0.0228. The standard InChI is InChI=1S/C17H27N3O2/c1-17(2,3)13-9-7-8-10-14(13)18-15(21)11-20(6)12-16(22)19(4)5/h7-10H,11-12H2,1-6H3,(H,18,21). The van der Waals surface area contributed by atoms with Gasteiger partial charge in [0.2, 0.25) is 11.8 Å². The van der Waals surface area contributed by atoms with Gasteiger partial charge >= 0.3 is 0 Å². The third-order valence-electron chi connectivity index (χ3n) is 3.33. The van der Waals surface area contributed by atoms with Crippen molar-refractivity contribution in [2.45, 2.75) is 26.2 Å². The zero-order valence-corrected chi connectivity index (χ0v) is 14.4. The highest BCUT2D eigenvalue weighted by Gasteiger charge is 2.19. The Morgan fingerprint density at radius 1 is 1.05 bits per heavy atom. The van der Waals surface area contributed by atoms with Gasteiger partial charge in [-0.05, 0) is 24.1 Å². The summed E-state index contributed by atoms with van der Waals surface area (Å²) in [5.74, 6) is -0.142. The van der Waals surface area contributed by atoms with Gasteiger partial charge in [0.25, 0.3) is 0 Å². The third kappa shape index (κ3) is 5.48. The molecule has 0 aliphatic carbocycles. The summed E-state index contributed by atoms with van der Waals surface area (Å²) >= 11 is 0. The minimum atomic E-state index is -0.120. The molecule has 122 valence electrons. The Labute approximate surface area is 133 Å². The van der Waals surface area contributed by atoms with Crippen LogP contribution in [0.1, 0.15) is 26.3 Å². The summed E-state index contributed by atoms with van der Waals surface area (Å²) in [6, 6.07) is 7.81. The first-order chi connectivity index (χ1) is 10.1. The summed E-state index contributed by atoms with van der Waals surface area (Å²) < 4.78 is 0. The van der Waals surface area contributed by atoms with Crippen LogP contribution in [-0.2, 0) is 15.0 Å². The predicted molar refractivity (Wildman–Crippen MR) is 90.0 cm³/mol. The molecule has 2 amide bonds. The molecule has 1 aromatic rings. The Hall–Kier alpha value is -1.88. The molecule has 0 aromatic heterocycles. The molecule has 1 N–H and O–H groups in total. The van der Waals surface area contributed by atoms with E-state index in [-0.39, 0.29) is 30.3 Å². The number of benzene rings is 1. The van der Waals surface area contributed by atoms with Crippen LogP contribution in [-0.4, -0.2) is 55.8 Å². The van der Waals surface area contributed by atoms with Gasteiger partial charge in [0.1, 0.15) is 0 Å². The Morgan fingerprint density at radius 2 is 1.64 bits per heavy atom. The van der Waals surface area contributed by atoms with Gasteiger partial charge in [-0.2, -0.15) is 0 Å². The maximum atomic E-state index is 12.2. The zero-order chi connectivity index (χ0) is 16.9. The van der Waals surface area contributed by atoms with E-state index in [1.54, 1.807) is 26.0 Å². The first-order valence-corrected chi connectivity index (χ1v) is 7.39. The number of nitrogens with one attached hydrogen (secondary N) is 1. The van der Waals surface area contributed by atoms with E-state index in [1.165, 1.54) is 4.90 Å². The van der Waals surface area contributed by atoms with Crippen molar-refractivity contribution >= 4 is 17.5 Å². The molecule has 0 spiro atoms. The van der Waals surface area contributed by atoms with E-state index in [9.17, 15) is 9.59 Å². The molecule has 1 aromatic carbocycles. The Morgan fingerprint density at radius 3 is 2.18 bits per heavy atom. The van der Waals surface area contributed by atoms with Crippen LogP contribution >= 0.6 is 0 Å². The van der Waals surface area contributed by atoms with Gasteiger partial charge in [0, 0.05) is 19.8 Å². The number of nitrogens with zero attached hydrogens (tertiary/aromatic N) is 2. The normalized spacial score (nSPS) is 11.4. The molecule has 0 saturated carbocycles. The van der Waals surface area contributed by atoms with Crippen molar-refractivity contribution in [3.05, 3.63) is 29.8 Å². The highest BCUT2D eigenvalue weighted by Crippen LogP contribution is 2.29. The van der Waals surface area contributed by atoms with Crippen LogP contribution in [0.4, 0.5) is 5.69 Å². The number of anilines is 1. The maximum absolute atomic E-state index is 12.2. The third-order valence-corrected chi connectivity index (χ3v) is 3.33. The minimum Gasteiger partial charge on any atom is -0.348 e. The second kappa shape index (κ2) is 7.40. The largest absolute Gasteiger partial charge is 0.348 e. The lowest BCUT2D eigenvalue weighted by Crippen LogP contribution is -2.38. The fraction of sp³-hybridized carbons (Fsp3) is 0.529. The van der Waals surface area contributed by atoms with Crippen molar-refractivity contribution in [2.24, 2.45) is 0 Å². The number of hydrogen-bond donors (Lipinski definition) is 1. The van der Waals surface area contributed by atoms with E-state index >= 15 is 0 Å². The molecule has 0 aliphatic rings. The summed E-state index contributed by atoms with van der Waals surface area (Å²) in [6.07, 6.45) is 0. The van der Waals surface area contributed by atoms with Gasteiger partial charge in [-0.25, -0.2) is 0 Å². The van der Waals surface area contributed by atoms with E-state index in [2.05, 4.69) is 26.1 Å². The molecule has 0 aliphatic heterocycles. The number of carbonyl (C=O) groups is 2. The fourth-order valence-electron chi connectivity index (χ4n) is 2.11. The molecule has 0 saturated heterocycles. The predicted octanol–water partition coefficient (Wildman–Crippen LogP) is 1.94. The van der Waals surface area contributed by atoms with Gasteiger partial charge < -0.3 is 10.2 Å². The van der Waals surface area contributed by atoms with E-state index < -0.39 is 0 Å². The molecular formula is C17H27N3O2. The Bertz CT molecular complexity index is 533. The number of carbonyl (C=O) groups excluding carboxylic acids is 2. The molecule has 5 heteroatoms. The van der Waals surface area contributed by atoms with Crippen molar-refractivity contribution in [1.82, 2.24) is 9.80 Å². The van der Waals surface area contributed by atoms with Crippen LogP contribution in [0.25, 0.3) is 0 Å². The Balaban J connectivity index is 2.69. The van der Waals surface area contributed by atoms with Gasteiger partial charge in [-0.1, -0.05) is 39.0 Å². The molecule has 0 fully saturated rings. The smallest absolute Gasteiger partial charge is 0.238 e. The summed E-state index contributed by atoms with van der Waals surface area (Å²) in [4.78, 5) is 27.0. The van der Waals surface area contributed by atoms with Crippen molar-refractivity contribution in [1.29, 1.82) is 0 Å². The molecule has 0 heterocycles. The van der Waals surface area contributed by atoms with E-state index in [4.69, 9.17) is 0 Å². The quantitative estimate of drug-likeness (QED) is 0.904. The SMILES string of the molecule is CN(CC(=O)Nc1ccccc1C(C)(C)C)CC(=O)N(C)C. The monoisotopic (exact) mass is 305 g/mol. The second-order valence-corrected chi connectivity index (χ2v) is 6.80. The number of para-hydroxylation sites is 1. The lowest BCUT2D eigenvalue weighted by atomic mass is 9.86. The van der Waals surface area contributed by atoms with Crippen LogP contribution in [0, 0.1) is 0 Å². The summed E-state index contributed by atoms with van der Waals surface area (Å²) in [7, 11) is 5.17. The van der Waals surface area contributed by atoms with E-state index in [0.717, 1.165) is 11.3 Å². The van der Waals surface area contributed by atoms with Gasteiger partial charge in [0.15, 0.2) is 0 Å². The lowest BCUT2D eigenvalue weighted by molar-refractivity contribution is -0.130. The van der Waals surface area contributed by atoms with Crippen molar-refractivity contribution in [3.8, 4) is 0 Å². The van der Waals surface area contributed by atoms with Gasteiger partial charge in [0.05, 0.1) is 13.1 Å². The van der Waals surface area contributed by atoms with Crippen molar-refractivity contribution in [2.75, 3.05) is 39.5 Å². The number of amides is 2. The highest BCUT2D eigenvalue weighted by atomic mass is 16.2. The molecule has 22 heavy (non-hydrogen) atoms. The molecule has 1 rings (SSSR count). The second-order valence-electron chi connectivity index (χ2n) is 6.80. The first-order valence-electron chi connectivity index (χ1n) is 7.39. The van der Waals surface area contributed by atoms with Crippen molar-refractivity contribution in [3.63, 3.8) is 0 Å². The van der Waals surface area contributed by atoms with Crippen molar-refractivity contribution < 1.29 is 9.59 Å². The van der Waals surface area contributed by atoms with E-state index in [0.29, 0.717) is 0 Å². The molecular weight excluding hydrogens is 278 g/mol. The van der Waals surface area contributed by atoms with Crippen LogP contribution < -0.4 is 5.32 Å². The molecule has 0 bridgehead atoms. The summed E-state index contributed by atoms with van der Waals surface area (Å²) in [5, 5.41) is 2.94. The van der Waals surface area contributed by atoms with Crippen LogP contribution in [0.2, 0.25) is 0 Å². The van der Waals surface area contributed by atoms with Gasteiger partial charge in [-0.3, -0.25) is 14.5 Å². The summed E-state index contributed by atoms with van der Waals surface area (Å²) in [6.45, 7) is 6.74. The average Bonchev–Trinajstić information content (AvgIpc) is 2.37. The number of rotatable bonds is 5. The Kier molecular flexibility index (Phi) is 6.11.